The molecule has 7 rings (SSSR count). The molecule has 5 aliphatic carbocycles. The van der Waals surface area contributed by atoms with Gasteiger partial charge in [-0.05, 0) is 140 Å². The van der Waals surface area contributed by atoms with Crippen LogP contribution in [0.3, 0.4) is 0 Å². The molecular weight excluding hydrogens is 597 g/mol. The summed E-state index contributed by atoms with van der Waals surface area (Å²) in [6.07, 6.45) is 13.4. The number of benzene rings is 2. The first kappa shape index (κ1) is 34.8. The molecule has 2 N–H and O–H groups in total. The van der Waals surface area contributed by atoms with Crippen LogP contribution >= 0.6 is 0 Å². The highest BCUT2D eigenvalue weighted by atomic mass is 16.2. The second kappa shape index (κ2) is 12.5. The lowest BCUT2D eigenvalue weighted by Crippen LogP contribution is -2.66. The van der Waals surface area contributed by atoms with Gasteiger partial charge in [0.1, 0.15) is 0 Å². The fourth-order valence-electron chi connectivity index (χ4n) is 13.6. The van der Waals surface area contributed by atoms with Crippen LogP contribution in [0.4, 0.5) is 0 Å². The van der Waals surface area contributed by atoms with Gasteiger partial charge in [-0.25, -0.2) is 0 Å². The molecule has 5 aliphatic rings. The topological polar surface area (TPSA) is 41.1 Å². The minimum Gasteiger partial charge on any atom is -0.354 e. The van der Waals surface area contributed by atoms with Crippen LogP contribution < -0.4 is 10.6 Å². The molecule has 1 amide bonds. The zero-order chi connectivity index (χ0) is 34.8. The summed E-state index contributed by atoms with van der Waals surface area (Å²) in [7, 11) is 0. The van der Waals surface area contributed by atoms with E-state index >= 15 is 0 Å². The molecule has 2 aromatic rings. The van der Waals surface area contributed by atoms with Crippen molar-refractivity contribution in [1.29, 1.82) is 0 Å². The van der Waals surface area contributed by atoms with E-state index in [4.69, 9.17) is 0 Å². The number of aryl methyl sites for hydroxylation is 1. The first-order valence-electron chi connectivity index (χ1n) is 19.7. The van der Waals surface area contributed by atoms with E-state index in [1.54, 1.807) is 5.57 Å². The first-order valence-corrected chi connectivity index (χ1v) is 19.7. The lowest BCUT2D eigenvalue weighted by molar-refractivity contribution is -0.225. The van der Waals surface area contributed by atoms with E-state index in [1.165, 1.54) is 60.8 Å². The third kappa shape index (κ3) is 5.34. The zero-order valence-electron chi connectivity index (χ0n) is 31.8. The van der Waals surface area contributed by atoms with Crippen molar-refractivity contribution in [2.45, 2.75) is 113 Å². The standard InChI is InChI=1S/C46H64N2O/c1-31(2)35-20-25-46(41(49)48-29-28-47-30-33-12-10-9-11-13-33)27-26-44(7)37(40(35)46)18-19-39-43(6)23-21-36(34-16-14-32(3)15-17-34)42(4,5)38(43)22-24-45(39,44)8/h9-17,21,35,37-40,47H,1,18-20,22-30H2,2-8H3,(H,48,49)/t35-,37+,38-,39+,40+,43-,44+,45+,46-/m0/s1. The van der Waals surface area contributed by atoms with Crippen LogP contribution in [0.1, 0.15) is 116 Å². The molecule has 0 aromatic heterocycles. The molecule has 2 aromatic carbocycles. The van der Waals surface area contributed by atoms with Gasteiger partial charge in [-0.1, -0.05) is 113 Å². The van der Waals surface area contributed by atoms with Gasteiger partial charge in [0.2, 0.25) is 5.91 Å². The van der Waals surface area contributed by atoms with Gasteiger partial charge in [0, 0.05) is 19.6 Å². The van der Waals surface area contributed by atoms with E-state index < -0.39 is 0 Å². The Labute approximate surface area is 298 Å². The largest absolute Gasteiger partial charge is 0.354 e. The van der Waals surface area contributed by atoms with Crippen LogP contribution in [-0.4, -0.2) is 19.0 Å². The smallest absolute Gasteiger partial charge is 0.226 e. The molecule has 0 heterocycles. The van der Waals surface area contributed by atoms with Crippen molar-refractivity contribution in [1.82, 2.24) is 10.6 Å². The highest BCUT2D eigenvalue weighted by Gasteiger charge is 2.71. The number of carbonyl (C=O) groups is 1. The summed E-state index contributed by atoms with van der Waals surface area (Å²) in [6, 6.07) is 19.8. The minimum atomic E-state index is -0.254. The predicted octanol–water partition coefficient (Wildman–Crippen LogP) is 10.6. The van der Waals surface area contributed by atoms with Crippen molar-refractivity contribution in [3.63, 3.8) is 0 Å². The normalized spacial score (nSPS) is 39.1. The average molecular weight is 661 g/mol. The fourth-order valence-corrected chi connectivity index (χ4v) is 13.6. The minimum absolute atomic E-state index is 0.146. The summed E-state index contributed by atoms with van der Waals surface area (Å²) < 4.78 is 0. The monoisotopic (exact) mass is 661 g/mol. The first-order chi connectivity index (χ1) is 23.3. The SMILES string of the molecule is C=C(C)[C@@H]1CC[C@]2(C(=O)NCCNCc3ccccc3)CC[C@]3(C)[C@H](CC[C@@H]4[C@@]5(C)CC=C(c6ccc(C)cc6)C(C)(C)[C@@H]5CC[C@]43C)[C@@H]12. The number of allylic oxidation sites excluding steroid dienone is 3. The molecule has 0 aliphatic heterocycles. The van der Waals surface area contributed by atoms with Gasteiger partial charge < -0.3 is 10.6 Å². The number of hydrogen-bond donors (Lipinski definition) is 2. The number of amides is 1. The highest BCUT2D eigenvalue weighted by Crippen LogP contribution is 2.77. The van der Waals surface area contributed by atoms with E-state index in [1.807, 2.05) is 0 Å². The van der Waals surface area contributed by atoms with Crippen molar-refractivity contribution in [2.24, 2.45) is 56.7 Å². The molecule has 264 valence electrons. The highest BCUT2D eigenvalue weighted by molar-refractivity contribution is 5.84. The predicted molar refractivity (Wildman–Crippen MR) is 205 cm³/mol. The Morgan fingerprint density at radius 2 is 1.55 bits per heavy atom. The van der Waals surface area contributed by atoms with E-state index in [0.717, 1.165) is 32.4 Å². The molecule has 0 unspecified atom stereocenters. The number of hydrogen-bond acceptors (Lipinski definition) is 2. The van der Waals surface area contributed by atoms with Crippen LogP contribution in [0.2, 0.25) is 0 Å². The van der Waals surface area contributed by atoms with Crippen LogP contribution in [0.5, 0.6) is 0 Å². The molecule has 4 fully saturated rings. The molecule has 3 heteroatoms. The molecule has 9 atom stereocenters. The number of rotatable bonds is 8. The molecule has 0 bridgehead atoms. The maximum Gasteiger partial charge on any atom is 0.226 e. The van der Waals surface area contributed by atoms with Crippen LogP contribution in [0.15, 0.2) is 72.8 Å². The maximum atomic E-state index is 14.4. The van der Waals surface area contributed by atoms with Gasteiger partial charge in [-0.15, -0.1) is 0 Å². The number of nitrogens with one attached hydrogen (secondary N) is 2. The van der Waals surface area contributed by atoms with Gasteiger partial charge in [0.15, 0.2) is 0 Å². The van der Waals surface area contributed by atoms with E-state index in [0.29, 0.717) is 47.5 Å². The third-order valence-corrected chi connectivity index (χ3v) is 16.2. The van der Waals surface area contributed by atoms with E-state index in [2.05, 4.69) is 126 Å². The average Bonchev–Trinajstić information content (AvgIpc) is 3.47. The second-order valence-electron chi connectivity index (χ2n) is 18.7. The van der Waals surface area contributed by atoms with Gasteiger partial charge in [-0.2, -0.15) is 0 Å². The number of carbonyl (C=O) groups excluding carboxylic acids is 1. The quantitative estimate of drug-likeness (QED) is 0.219. The van der Waals surface area contributed by atoms with E-state index in [-0.39, 0.29) is 21.7 Å². The van der Waals surface area contributed by atoms with Gasteiger partial charge in [-0.3, -0.25) is 4.79 Å². The Morgan fingerprint density at radius 3 is 2.27 bits per heavy atom. The molecule has 0 saturated heterocycles. The molecule has 3 nitrogen and oxygen atoms in total. The van der Waals surface area contributed by atoms with Gasteiger partial charge in [0.25, 0.3) is 0 Å². The van der Waals surface area contributed by atoms with Crippen LogP contribution in [0.25, 0.3) is 5.57 Å². The molecule has 0 radical (unpaired) electrons. The number of fused-ring (bicyclic) bond motifs is 7. The lowest BCUT2D eigenvalue weighted by atomic mass is 9.32. The summed E-state index contributed by atoms with van der Waals surface area (Å²) in [5, 5.41) is 7.01. The van der Waals surface area contributed by atoms with Crippen LogP contribution in [-0.2, 0) is 11.3 Å². The van der Waals surface area contributed by atoms with Crippen molar-refractivity contribution in [3.05, 3.63) is 89.5 Å². The van der Waals surface area contributed by atoms with Crippen LogP contribution in [0, 0.1) is 63.6 Å². The Hall–Kier alpha value is -2.65. The zero-order valence-corrected chi connectivity index (χ0v) is 31.8. The summed E-state index contributed by atoms with van der Waals surface area (Å²) >= 11 is 0. The van der Waals surface area contributed by atoms with Crippen molar-refractivity contribution in [3.8, 4) is 0 Å². The second-order valence-corrected chi connectivity index (χ2v) is 18.7. The molecule has 4 saturated carbocycles. The Kier molecular flexibility index (Phi) is 8.90. The Morgan fingerprint density at radius 1 is 0.816 bits per heavy atom. The van der Waals surface area contributed by atoms with Crippen molar-refractivity contribution < 1.29 is 4.79 Å². The summed E-state index contributed by atoms with van der Waals surface area (Å²) in [6.45, 7) is 24.5. The van der Waals surface area contributed by atoms with Gasteiger partial charge in [0.05, 0.1) is 5.41 Å². The lowest BCUT2D eigenvalue weighted by Gasteiger charge is -2.72. The maximum absolute atomic E-state index is 14.4. The summed E-state index contributed by atoms with van der Waals surface area (Å²) in [4.78, 5) is 14.4. The third-order valence-electron chi connectivity index (χ3n) is 16.2. The Bertz CT molecular complexity index is 1590. The molecular formula is C46H64N2O. The Balaban J connectivity index is 1.13. The van der Waals surface area contributed by atoms with Crippen molar-refractivity contribution >= 4 is 11.5 Å². The van der Waals surface area contributed by atoms with Gasteiger partial charge >= 0.3 is 0 Å². The summed E-state index contributed by atoms with van der Waals surface area (Å²) in [5.41, 5.74) is 7.61. The van der Waals surface area contributed by atoms with Crippen molar-refractivity contribution in [2.75, 3.05) is 13.1 Å². The molecule has 49 heavy (non-hydrogen) atoms. The molecule has 0 spiro atoms. The fraction of sp³-hybridized carbons (Fsp3) is 0.630. The van der Waals surface area contributed by atoms with E-state index in [9.17, 15) is 4.79 Å². The summed E-state index contributed by atoms with van der Waals surface area (Å²) in [5.74, 6) is 3.14.